The van der Waals surface area contributed by atoms with E-state index < -0.39 is 89.8 Å². The van der Waals surface area contributed by atoms with E-state index in [1.54, 1.807) is 12.2 Å². The van der Waals surface area contributed by atoms with Crippen LogP contribution in [0.1, 0.15) is 142 Å². The van der Waals surface area contributed by atoms with Crippen LogP contribution in [0, 0.1) is 0 Å². The molecule has 0 aliphatic carbocycles. The van der Waals surface area contributed by atoms with Crippen molar-refractivity contribution < 1.29 is 71.4 Å². The quantitative estimate of drug-likeness (QED) is 0.0117. The third kappa shape index (κ3) is 31.9. The van der Waals surface area contributed by atoms with Gasteiger partial charge in [-0.15, -0.1) is 0 Å². The first kappa shape index (κ1) is 64.8. The molecule has 0 saturated carbocycles. The first-order valence-electron chi connectivity index (χ1n) is 25.4. The Bertz CT molecular complexity index is 2120. The molecule has 1 aromatic heterocycles. The molecule has 2 rings (SSSR count). The second-order valence-corrected chi connectivity index (χ2v) is 20.2. The molecule has 0 bridgehead atoms. The minimum absolute atomic E-state index is 0.0242. The monoisotopic (exact) mass is 1070 g/mol. The highest BCUT2D eigenvalue weighted by Gasteiger charge is 2.46. The molecule has 0 spiro atoms. The van der Waals surface area contributed by atoms with Crippen LogP contribution in [-0.4, -0.2) is 96.9 Å². The van der Waals surface area contributed by atoms with Gasteiger partial charge in [0, 0.05) is 19.0 Å². The molecule has 2 unspecified atom stereocenters. The van der Waals surface area contributed by atoms with E-state index in [-0.39, 0.29) is 31.5 Å². The van der Waals surface area contributed by atoms with E-state index in [4.69, 9.17) is 29.0 Å². The number of carbonyl (C=O) groups excluding carboxylic acids is 2. The maximum Gasteiger partial charge on any atom is 0.481 e. The number of hydrogen-bond acceptors (Lipinski definition) is 16. The van der Waals surface area contributed by atoms with Crippen molar-refractivity contribution in [1.29, 1.82) is 0 Å². The first-order valence-corrected chi connectivity index (χ1v) is 28.3. The van der Waals surface area contributed by atoms with Gasteiger partial charge in [-0.25, -0.2) is 13.9 Å². The number of aliphatic hydroxyl groups excluding tert-OH is 3. The van der Waals surface area contributed by atoms with Crippen molar-refractivity contribution >= 4 is 33.4 Å². The number of nitrogens with zero attached hydrogens (tertiary/aromatic N) is 2. The Balaban J connectivity index is 1.87. The second-order valence-electron chi connectivity index (χ2n) is 17.1. The highest BCUT2D eigenvalue weighted by atomic mass is 31.3. The number of esters is 2. The molecule has 7 N–H and O–H groups in total. The van der Waals surface area contributed by atoms with E-state index in [1.165, 1.54) is 25.3 Å². The molecule has 1 aliphatic rings. The molecule has 73 heavy (non-hydrogen) atoms. The number of hydrogen-bond donors (Lipinski definition) is 6. The van der Waals surface area contributed by atoms with Gasteiger partial charge >= 0.3 is 33.3 Å². The van der Waals surface area contributed by atoms with Crippen molar-refractivity contribution in [3.05, 3.63) is 120 Å². The number of aliphatic hydroxyl groups is 3. The van der Waals surface area contributed by atoms with Gasteiger partial charge in [-0.2, -0.15) is 9.29 Å². The predicted molar refractivity (Wildman–Crippen MR) is 281 cm³/mol. The summed E-state index contributed by atoms with van der Waals surface area (Å²) in [6.45, 7) is 1.78. The molecule has 410 valence electrons. The lowest BCUT2D eigenvalue weighted by atomic mass is 10.1. The van der Waals surface area contributed by atoms with E-state index in [2.05, 4.69) is 96.1 Å². The maximum atomic E-state index is 12.9. The number of ether oxygens (including phenoxy) is 3. The normalized spacial score (nSPS) is 20.2. The summed E-state index contributed by atoms with van der Waals surface area (Å²) in [5.41, 5.74) is 4.57. The van der Waals surface area contributed by atoms with Gasteiger partial charge in [-0.3, -0.25) is 23.2 Å². The summed E-state index contributed by atoms with van der Waals surface area (Å²) < 4.78 is 56.6. The van der Waals surface area contributed by atoms with Crippen molar-refractivity contribution in [2.45, 2.75) is 173 Å². The van der Waals surface area contributed by atoms with Crippen molar-refractivity contribution in [1.82, 2.24) is 9.55 Å². The number of rotatable bonds is 40. The van der Waals surface area contributed by atoms with Crippen LogP contribution in [0.4, 0.5) is 5.82 Å². The number of unbranched alkanes of at least 4 members (excludes halogenated alkanes) is 7. The van der Waals surface area contributed by atoms with E-state index in [1.807, 2.05) is 12.2 Å². The van der Waals surface area contributed by atoms with E-state index in [9.17, 15) is 48.6 Å². The SMILES string of the molecule is CC/C=C\C/C=C\C/C=C\C/C=C\CCCCCCC(=O)O[C@H](COC(=O)CCC[C@H](O)/C=C/C=C\C/C=C\C/C=C\CCCCC)COP(=O)(O)OP(=O)(O)OC[C@H]1O[C@@H](n2ccc(N)nc2=O)[C@H](O)[C@@H]1O. The van der Waals surface area contributed by atoms with Crippen LogP contribution in [0.5, 0.6) is 0 Å². The lowest BCUT2D eigenvalue weighted by molar-refractivity contribution is -0.161. The van der Waals surface area contributed by atoms with E-state index in [0.29, 0.717) is 6.42 Å². The van der Waals surface area contributed by atoms with Gasteiger partial charge in [-0.1, -0.05) is 137 Å². The van der Waals surface area contributed by atoms with Crippen LogP contribution in [0.3, 0.4) is 0 Å². The molecule has 21 heteroatoms. The highest BCUT2D eigenvalue weighted by Crippen LogP contribution is 2.60. The fraction of sp³-hybridized carbons (Fsp3) is 0.577. The molecule has 1 saturated heterocycles. The third-order valence-electron chi connectivity index (χ3n) is 10.8. The van der Waals surface area contributed by atoms with Crippen molar-refractivity contribution in [2.24, 2.45) is 0 Å². The number of phosphoric acid groups is 2. The first-order chi connectivity index (χ1) is 35.1. The van der Waals surface area contributed by atoms with Gasteiger partial charge in [0.05, 0.1) is 19.3 Å². The van der Waals surface area contributed by atoms with Gasteiger partial charge in [-0.05, 0) is 89.5 Å². The van der Waals surface area contributed by atoms with Crippen molar-refractivity contribution in [2.75, 3.05) is 25.6 Å². The number of allylic oxidation sites excluding steroid dienone is 15. The van der Waals surface area contributed by atoms with Crippen LogP contribution < -0.4 is 11.4 Å². The molecule has 0 aromatic carbocycles. The molecular weight excluding hydrogens is 985 g/mol. The standard InChI is InChI=1S/C52H81N3O16P2/c1-3-5-7-9-11-13-15-17-18-19-20-22-24-26-28-30-32-36-48(58)69-44(40-66-47(57)37-33-35-43(56)34-31-29-27-25-23-21-16-14-12-10-8-6-4-2)41-67-72(62,63)71-73(64,65)68-42-45-49(59)50(60)51(70-45)55-39-38-46(53)54-52(55)61/h5,7,11-14,17-18,20-23,27,29,31,34,38-39,43-45,49-51,56,59-60H,3-4,6,8-10,15-16,19,24-26,28,30,32-33,35-37,40-42H2,1-2H3,(H,62,63)(H,64,65)(H2,53,54,61)/b7-5-,13-11-,14-12-,18-17-,22-20-,23-21-,29-27-,34-31+/t43-,44-,45-,49-,50-,51-/m1/s1. The number of nitrogen functional groups attached to an aromatic ring is 1. The number of phosphoric ester groups is 2. The molecule has 19 nitrogen and oxygen atoms in total. The number of aromatic nitrogens is 2. The zero-order valence-corrected chi connectivity index (χ0v) is 44.3. The molecule has 0 amide bonds. The Hall–Kier alpha value is -4.36. The zero-order valence-electron chi connectivity index (χ0n) is 42.5. The summed E-state index contributed by atoms with van der Waals surface area (Å²) in [6, 6.07) is 1.23. The van der Waals surface area contributed by atoms with Crippen LogP contribution in [-0.2, 0) is 46.3 Å². The van der Waals surface area contributed by atoms with Crippen LogP contribution in [0.2, 0.25) is 0 Å². The third-order valence-corrected chi connectivity index (χ3v) is 13.4. The van der Waals surface area contributed by atoms with Crippen LogP contribution in [0.15, 0.2) is 114 Å². The average molecular weight is 1070 g/mol. The summed E-state index contributed by atoms with van der Waals surface area (Å²) in [5, 5.41) is 31.3. The lowest BCUT2D eigenvalue weighted by Gasteiger charge is -2.21. The molecule has 1 aromatic rings. The molecule has 1 aliphatic heterocycles. The van der Waals surface area contributed by atoms with Gasteiger partial charge in [0.1, 0.15) is 30.7 Å². The largest absolute Gasteiger partial charge is 0.481 e. The van der Waals surface area contributed by atoms with Crippen molar-refractivity contribution in [3.8, 4) is 0 Å². The van der Waals surface area contributed by atoms with E-state index in [0.717, 1.165) is 81.4 Å². The predicted octanol–water partition coefficient (Wildman–Crippen LogP) is 9.41. The zero-order chi connectivity index (χ0) is 53.6. The molecule has 0 radical (unpaired) electrons. The summed E-state index contributed by atoms with van der Waals surface area (Å²) in [6.07, 6.45) is 39.4. The topological polar surface area (TPSA) is 286 Å². The Morgan fingerprint density at radius 3 is 1.95 bits per heavy atom. The van der Waals surface area contributed by atoms with Gasteiger partial charge in [0.2, 0.25) is 0 Å². The fourth-order valence-corrected chi connectivity index (χ4v) is 8.93. The van der Waals surface area contributed by atoms with Gasteiger partial charge < -0.3 is 45.1 Å². The van der Waals surface area contributed by atoms with E-state index >= 15 is 0 Å². The molecule has 8 atom stereocenters. The Morgan fingerprint density at radius 1 is 0.740 bits per heavy atom. The van der Waals surface area contributed by atoms with Gasteiger partial charge in [0.15, 0.2) is 12.3 Å². The average Bonchev–Trinajstić information content (AvgIpc) is 3.62. The summed E-state index contributed by atoms with van der Waals surface area (Å²) >= 11 is 0. The molecule has 1 fully saturated rings. The van der Waals surface area contributed by atoms with Crippen molar-refractivity contribution in [3.63, 3.8) is 0 Å². The second kappa shape index (κ2) is 39.1. The fourth-order valence-electron chi connectivity index (χ4n) is 6.82. The summed E-state index contributed by atoms with van der Waals surface area (Å²) in [7, 11) is -10.9. The number of carbonyl (C=O) groups is 2. The molecule has 2 heterocycles. The number of nitrogens with two attached hydrogens (primary N) is 1. The minimum Gasteiger partial charge on any atom is -0.462 e. The van der Waals surface area contributed by atoms with Crippen LogP contribution in [0.25, 0.3) is 0 Å². The smallest absolute Gasteiger partial charge is 0.462 e. The number of anilines is 1. The Kier molecular flexibility index (Phi) is 34.7. The lowest BCUT2D eigenvalue weighted by Crippen LogP contribution is -2.36. The Morgan fingerprint density at radius 2 is 1.32 bits per heavy atom. The van der Waals surface area contributed by atoms with Crippen LogP contribution >= 0.6 is 15.6 Å². The van der Waals surface area contributed by atoms with Gasteiger partial charge in [0.25, 0.3) is 0 Å². The maximum absolute atomic E-state index is 12.9. The summed E-state index contributed by atoms with van der Waals surface area (Å²) in [5.74, 6) is -1.55. The highest BCUT2D eigenvalue weighted by molar-refractivity contribution is 7.61. The minimum atomic E-state index is -5.48. The Labute approximate surface area is 431 Å². The summed E-state index contributed by atoms with van der Waals surface area (Å²) in [4.78, 5) is 61.9. The molecular formula is C52H81N3O16P2.